The average Bonchev–Trinajstić information content (AvgIpc) is 3.40. The third kappa shape index (κ3) is 5.47. The van der Waals surface area contributed by atoms with Gasteiger partial charge in [-0.1, -0.05) is 12.1 Å². The third-order valence-corrected chi connectivity index (χ3v) is 7.17. The Hall–Kier alpha value is -2.79. The number of likely N-dealkylation sites (tertiary alicyclic amines) is 1. The van der Waals surface area contributed by atoms with Crippen molar-refractivity contribution in [2.24, 2.45) is 5.92 Å². The summed E-state index contributed by atoms with van der Waals surface area (Å²) < 4.78 is 5.58. The van der Waals surface area contributed by atoms with Crippen molar-refractivity contribution in [3.05, 3.63) is 29.8 Å². The van der Waals surface area contributed by atoms with E-state index in [1.165, 1.54) is 5.69 Å². The molecule has 2 saturated heterocycles. The number of nitrogens with zero attached hydrogens (tertiary/aromatic N) is 4. The predicted molar refractivity (Wildman–Crippen MR) is 130 cm³/mol. The van der Waals surface area contributed by atoms with Gasteiger partial charge in [0.05, 0.1) is 6.07 Å². The number of fused-ring (bicyclic) bond motifs is 2. The number of likely N-dealkylation sites (N-methyl/N-ethyl adjacent to an activating group) is 1. The Morgan fingerprint density at radius 1 is 1.15 bits per heavy atom. The Morgan fingerprint density at radius 3 is 2.44 bits per heavy atom. The number of nitriles is 1. The fraction of sp³-hybridized carbons (Fsp3) is 0.654. The summed E-state index contributed by atoms with van der Waals surface area (Å²) in [6, 6.07) is 9.32. The van der Waals surface area contributed by atoms with Gasteiger partial charge in [0, 0.05) is 44.3 Å². The van der Waals surface area contributed by atoms with E-state index in [9.17, 15) is 14.9 Å². The lowest BCUT2D eigenvalue weighted by molar-refractivity contribution is -0.128. The Morgan fingerprint density at radius 2 is 1.82 bits per heavy atom. The molecule has 0 spiro atoms. The summed E-state index contributed by atoms with van der Waals surface area (Å²) in [5, 5.41) is 12.6. The quantitative estimate of drug-likeness (QED) is 0.716. The maximum Gasteiger partial charge on any atom is 0.411 e. The molecule has 1 N–H and O–H groups in total. The monoisotopic (exact) mass is 467 g/mol. The molecule has 2 aliphatic heterocycles. The van der Waals surface area contributed by atoms with Gasteiger partial charge >= 0.3 is 6.09 Å². The van der Waals surface area contributed by atoms with Crippen LogP contribution in [0.5, 0.6) is 0 Å². The number of benzene rings is 1. The van der Waals surface area contributed by atoms with Crippen molar-refractivity contribution in [1.82, 2.24) is 15.1 Å². The fourth-order valence-corrected chi connectivity index (χ4v) is 5.43. The molecule has 3 fully saturated rings. The van der Waals surface area contributed by atoms with Gasteiger partial charge in [0.1, 0.15) is 17.7 Å². The first-order valence-corrected chi connectivity index (χ1v) is 12.4. The zero-order chi connectivity index (χ0) is 24.5. The van der Waals surface area contributed by atoms with E-state index in [1.54, 1.807) is 4.90 Å². The van der Waals surface area contributed by atoms with Gasteiger partial charge in [-0.15, -0.1) is 0 Å². The van der Waals surface area contributed by atoms with E-state index in [0.717, 1.165) is 51.0 Å². The third-order valence-electron chi connectivity index (χ3n) is 7.17. The lowest BCUT2D eigenvalue weighted by Gasteiger charge is -2.35. The maximum atomic E-state index is 13.2. The number of piperidine rings is 1. The van der Waals surface area contributed by atoms with Crippen LogP contribution < -0.4 is 10.2 Å². The molecule has 0 radical (unpaired) electrons. The Balaban J connectivity index is 1.37. The molecular formula is C26H37N5O3. The second-order valence-electron chi connectivity index (χ2n) is 10.9. The van der Waals surface area contributed by atoms with Crippen molar-refractivity contribution in [3.63, 3.8) is 0 Å². The number of rotatable bonds is 5. The normalized spacial score (nSPS) is 25.7. The number of amides is 2. The highest BCUT2D eigenvalue weighted by atomic mass is 16.6. The summed E-state index contributed by atoms with van der Waals surface area (Å²) in [6.07, 6.45) is 2.64. The smallest absolute Gasteiger partial charge is 0.411 e. The van der Waals surface area contributed by atoms with Crippen LogP contribution in [0, 0.1) is 17.2 Å². The van der Waals surface area contributed by atoms with Crippen molar-refractivity contribution in [2.75, 3.05) is 38.1 Å². The molecule has 0 unspecified atom stereocenters. The molecule has 8 nitrogen and oxygen atoms in total. The number of anilines is 1. The van der Waals surface area contributed by atoms with Gasteiger partial charge in [-0.05, 0) is 70.7 Å². The lowest BCUT2D eigenvalue weighted by Crippen LogP contribution is -2.55. The minimum atomic E-state index is -0.651. The SMILES string of the molecule is CN1CCN(c2ccc(C[C@@H](C#N)NC(=O)[C@@H]3[C@H]4CC[C@H](C4)N3C(=O)OC(C)(C)C)cc2)CC1. The van der Waals surface area contributed by atoms with Crippen LogP contribution in [0.3, 0.4) is 0 Å². The molecule has 0 aromatic heterocycles. The molecule has 3 aliphatic rings. The first kappa shape index (κ1) is 24.3. The second kappa shape index (κ2) is 9.83. The van der Waals surface area contributed by atoms with Gasteiger partial charge in [-0.25, -0.2) is 4.79 Å². The first-order valence-electron chi connectivity index (χ1n) is 12.4. The van der Waals surface area contributed by atoms with Gasteiger partial charge in [0.2, 0.25) is 5.91 Å². The van der Waals surface area contributed by atoms with Crippen LogP contribution >= 0.6 is 0 Å². The maximum absolute atomic E-state index is 13.2. The van der Waals surface area contributed by atoms with E-state index >= 15 is 0 Å². The standard InChI is InChI=1S/C26H37N5O3/c1-26(2,3)34-25(33)31-22-10-7-19(16-22)23(31)24(32)28-20(17-27)15-18-5-8-21(9-6-18)30-13-11-29(4)12-14-30/h5-6,8-9,19-20,22-23H,7,10-16H2,1-4H3,(H,28,32)/t19-,20-,22+,23-/m0/s1. The summed E-state index contributed by atoms with van der Waals surface area (Å²) >= 11 is 0. The predicted octanol–water partition coefficient (Wildman–Crippen LogP) is 2.78. The molecule has 2 heterocycles. The second-order valence-corrected chi connectivity index (χ2v) is 10.9. The Kier molecular flexibility index (Phi) is 7.04. The van der Waals surface area contributed by atoms with Crippen LogP contribution in [0.1, 0.15) is 45.6 Å². The van der Waals surface area contributed by atoms with Crippen LogP contribution in [0.4, 0.5) is 10.5 Å². The largest absolute Gasteiger partial charge is 0.444 e. The highest BCUT2D eigenvalue weighted by Crippen LogP contribution is 2.43. The molecule has 4 atom stereocenters. The van der Waals surface area contributed by atoms with Crippen LogP contribution in [0.25, 0.3) is 0 Å². The zero-order valence-electron chi connectivity index (χ0n) is 20.8. The number of nitrogens with one attached hydrogen (secondary N) is 1. The van der Waals surface area contributed by atoms with Crippen molar-refractivity contribution < 1.29 is 14.3 Å². The van der Waals surface area contributed by atoms with Gasteiger partial charge < -0.3 is 19.9 Å². The van der Waals surface area contributed by atoms with E-state index in [0.29, 0.717) is 6.42 Å². The molecule has 1 aliphatic carbocycles. The van der Waals surface area contributed by atoms with Crippen molar-refractivity contribution in [2.45, 2.75) is 70.2 Å². The van der Waals surface area contributed by atoms with Crippen molar-refractivity contribution >= 4 is 17.7 Å². The molecule has 1 aromatic carbocycles. The van der Waals surface area contributed by atoms with Crippen LogP contribution in [0.15, 0.2) is 24.3 Å². The van der Waals surface area contributed by atoms with Crippen LogP contribution in [-0.2, 0) is 16.0 Å². The van der Waals surface area contributed by atoms with E-state index in [1.807, 2.05) is 32.9 Å². The number of carbonyl (C=O) groups is 2. The van der Waals surface area contributed by atoms with Crippen LogP contribution in [0.2, 0.25) is 0 Å². The topological polar surface area (TPSA) is 88.9 Å². The highest BCUT2D eigenvalue weighted by Gasteiger charge is 2.52. The number of hydrogen-bond acceptors (Lipinski definition) is 6. The number of hydrogen-bond donors (Lipinski definition) is 1. The fourth-order valence-electron chi connectivity index (χ4n) is 5.43. The van der Waals surface area contributed by atoms with Gasteiger partial charge in [-0.2, -0.15) is 5.26 Å². The molecule has 1 saturated carbocycles. The minimum absolute atomic E-state index is 0.0401. The molecule has 2 amide bonds. The molecule has 2 bridgehead atoms. The van der Waals surface area contributed by atoms with Crippen molar-refractivity contribution in [1.29, 1.82) is 5.26 Å². The molecule has 8 heteroatoms. The summed E-state index contributed by atoms with van der Waals surface area (Å²) in [4.78, 5) is 32.4. The first-order chi connectivity index (χ1) is 16.1. The van der Waals surface area contributed by atoms with E-state index in [-0.39, 0.29) is 17.9 Å². The van der Waals surface area contributed by atoms with Gasteiger partial charge in [-0.3, -0.25) is 9.69 Å². The number of ether oxygens (including phenoxy) is 1. The number of carbonyl (C=O) groups excluding carboxylic acids is 2. The zero-order valence-corrected chi connectivity index (χ0v) is 20.8. The molecule has 34 heavy (non-hydrogen) atoms. The average molecular weight is 468 g/mol. The van der Waals surface area contributed by atoms with Gasteiger partial charge in [0.25, 0.3) is 0 Å². The summed E-state index contributed by atoms with van der Waals surface area (Å²) in [7, 11) is 2.14. The molecule has 184 valence electrons. The lowest BCUT2D eigenvalue weighted by atomic mass is 9.97. The number of piperazine rings is 1. The summed E-state index contributed by atoms with van der Waals surface area (Å²) in [5.74, 6) is -0.126. The van der Waals surface area contributed by atoms with Crippen molar-refractivity contribution in [3.8, 4) is 6.07 Å². The summed E-state index contributed by atoms with van der Waals surface area (Å²) in [5.41, 5.74) is 1.57. The van der Waals surface area contributed by atoms with E-state index in [2.05, 4.69) is 40.4 Å². The molecular weight excluding hydrogens is 430 g/mol. The van der Waals surface area contributed by atoms with E-state index < -0.39 is 23.8 Å². The Bertz CT molecular complexity index is 927. The van der Waals surface area contributed by atoms with E-state index in [4.69, 9.17) is 4.74 Å². The Labute approximate surface area is 202 Å². The molecule has 4 rings (SSSR count). The van der Waals surface area contributed by atoms with Gasteiger partial charge in [0.15, 0.2) is 0 Å². The summed E-state index contributed by atoms with van der Waals surface area (Å²) in [6.45, 7) is 9.59. The minimum Gasteiger partial charge on any atom is -0.444 e. The highest BCUT2D eigenvalue weighted by molar-refractivity contribution is 5.87. The molecule has 1 aromatic rings. The van der Waals surface area contributed by atoms with Crippen LogP contribution in [-0.4, -0.2) is 78.8 Å².